The van der Waals surface area contributed by atoms with E-state index in [1.165, 1.54) is 37.5 Å². The molecule has 0 bridgehead atoms. The van der Waals surface area contributed by atoms with Crippen LogP contribution in [-0.2, 0) is 0 Å². The first-order valence-corrected chi connectivity index (χ1v) is 11.3. The van der Waals surface area contributed by atoms with E-state index in [9.17, 15) is 0 Å². The SMILES string of the molecule is CCNC(=NCCCN1CCCN(C)CC1)NCCSc1ccc(Cl)cc1.I. The fourth-order valence-corrected chi connectivity index (χ4v) is 3.91. The Labute approximate surface area is 197 Å². The lowest BCUT2D eigenvalue weighted by Crippen LogP contribution is -2.38. The van der Waals surface area contributed by atoms with E-state index in [2.05, 4.69) is 46.5 Å². The monoisotopic (exact) mass is 539 g/mol. The van der Waals surface area contributed by atoms with Gasteiger partial charge < -0.3 is 20.4 Å². The Bertz CT molecular complexity index is 558. The molecule has 0 aromatic heterocycles. The van der Waals surface area contributed by atoms with Crippen LogP contribution in [0.1, 0.15) is 19.8 Å². The van der Waals surface area contributed by atoms with Crippen LogP contribution < -0.4 is 10.6 Å². The van der Waals surface area contributed by atoms with E-state index in [4.69, 9.17) is 16.6 Å². The summed E-state index contributed by atoms with van der Waals surface area (Å²) in [5.74, 6) is 1.91. The first kappa shape index (κ1) is 25.8. The van der Waals surface area contributed by atoms with Gasteiger partial charge in [-0.25, -0.2) is 0 Å². The molecule has 1 heterocycles. The maximum atomic E-state index is 5.92. The molecule has 0 unspecified atom stereocenters. The number of benzene rings is 1. The predicted octanol–water partition coefficient (Wildman–Crippen LogP) is 3.63. The zero-order valence-corrected chi connectivity index (χ0v) is 21.0. The van der Waals surface area contributed by atoms with E-state index in [1.807, 2.05) is 23.9 Å². The van der Waals surface area contributed by atoms with Crippen LogP contribution in [0.2, 0.25) is 5.02 Å². The fourth-order valence-electron chi connectivity index (χ4n) is 3.02. The number of hydrogen-bond donors (Lipinski definition) is 2. The van der Waals surface area contributed by atoms with E-state index in [0.29, 0.717) is 0 Å². The third-order valence-corrected chi connectivity index (χ3v) is 5.80. The van der Waals surface area contributed by atoms with Gasteiger partial charge in [-0.2, -0.15) is 0 Å². The molecule has 2 N–H and O–H groups in total. The highest BCUT2D eigenvalue weighted by atomic mass is 127. The van der Waals surface area contributed by atoms with E-state index in [1.54, 1.807) is 0 Å². The van der Waals surface area contributed by atoms with Crippen molar-refractivity contribution in [2.75, 3.05) is 65.2 Å². The second-order valence-electron chi connectivity index (χ2n) is 6.84. The molecule has 1 aliphatic heterocycles. The number of hydrogen-bond acceptors (Lipinski definition) is 4. The van der Waals surface area contributed by atoms with Crippen molar-refractivity contribution in [1.82, 2.24) is 20.4 Å². The summed E-state index contributed by atoms with van der Waals surface area (Å²) >= 11 is 7.75. The smallest absolute Gasteiger partial charge is 0.191 e. The summed E-state index contributed by atoms with van der Waals surface area (Å²) in [4.78, 5) is 11.0. The summed E-state index contributed by atoms with van der Waals surface area (Å²) in [6.07, 6.45) is 2.38. The van der Waals surface area contributed by atoms with Gasteiger partial charge in [-0.15, -0.1) is 35.7 Å². The number of guanidine groups is 1. The zero-order valence-electron chi connectivity index (χ0n) is 17.1. The van der Waals surface area contributed by atoms with Crippen LogP contribution in [0, 0.1) is 0 Å². The van der Waals surface area contributed by atoms with Gasteiger partial charge in [0.2, 0.25) is 0 Å². The normalized spacial score (nSPS) is 16.3. The molecule has 1 aromatic carbocycles. The number of likely N-dealkylation sites (N-methyl/N-ethyl adjacent to an activating group) is 1. The molecule has 0 aliphatic carbocycles. The largest absolute Gasteiger partial charge is 0.357 e. The van der Waals surface area contributed by atoms with Crippen LogP contribution in [0.4, 0.5) is 0 Å². The lowest BCUT2D eigenvalue weighted by atomic mass is 10.3. The van der Waals surface area contributed by atoms with Gasteiger partial charge in [0.15, 0.2) is 5.96 Å². The Balaban J connectivity index is 0.00000392. The summed E-state index contributed by atoms with van der Waals surface area (Å²) in [5.41, 5.74) is 0. The van der Waals surface area contributed by atoms with Crippen molar-refractivity contribution in [1.29, 1.82) is 0 Å². The van der Waals surface area contributed by atoms with Crippen LogP contribution in [0.25, 0.3) is 0 Å². The number of aliphatic imine (C=N–C) groups is 1. The number of rotatable bonds is 9. The second-order valence-corrected chi connectivity index (χ2v) is 8.45. The fraction of sp³-hybridized carbons (Fsp3) is 0.650. The summed E-state index contributed by atoms with van der Waals surface area (Å²) in [6.45, 7) is 10.7. The molecule has 0 saturated carbocycles. The van der Waals surface area contributed by atoms with Crippen LogP contribution in [0.5, 0.6) is 0 Å². The second kappa shape index (κ2) is 15.6. The Morgan fingerprint density at radius 3 is 2.68 bits per heavy atom. The Hall–Kier alpha value is -0.220. The number of nitrogens with zero attached hydrogens (tertiary/aromatic N) is 3. The molecule has 0 radical (unpaired) electrons. The molecule has 8 heteroatoms. The molecule has 1 aromatic rings. The average Bonchev–Trinajstić information content (AvgIpc) is 2.88. The van der Waals surface area contributed by atoms with Gasteiger partial charge in [0.05, 0.1) is 0 Å². The topological polar surface area (TPSA) is 42.9 Å². The highest BCUT2D eigenvalue weighted by molar-refractivity contribution is 14.0. The van der Waals surface area contributed by atoms with Crippen molar-refractivity contribution in [3.63, 3.8) is 0 Å². The Kier molecular flexibility index (Phi) is 14.4. The van der Waals surface area contributed by atoms with E-state index < -0.39 is 0 Å². The summed E-state index contributed by atoms with van der Waals surface area (Å²) < 4.78 is 0. The summed E-state index contributed by atoms with van der Waals surface area (Å²) in [7, 11) is 2.22. The van der Waals surface area contributed by atoms with Gasteiger partial charge in [0.1, 0.15) is 0 Å². The number of thioether (sulfide) groups is 1. The Morgan fingerprint density at radius 2 is 1.93 bits per heavy atom. The number of nitrogens with one attached hydrogen (secondary N) is 2. The van der Waals surface area contributed by atoms with Crippen LogP contribution in [0.15, 0.2) is 34.2 Å². The van der Waals surface area contributed by atoms with Crippen molar-refractivity contribution in [2.45, 2.75) is 24.7 Å². The van der Waals surface area contributed by atoms with E-state index in [-0.39, 0.29) is 24.0 Å². The molecule has 0 amide bonds. The minimum atomic E-state index is 0. The van der Waals surface area contributed by atoms with Crippen molar-refractivity contribution < 1.29 is 0 Å². The van der Waals surface area contributed by atoms with E-state index in [0.717, 1.165) is 49.3 Å². The van der Waals surface area contributed by atoms with Crippen molar-refractivity contribution in [2.24, 2.45) is 4.99 Å². The summed E-state index contributed by atoms with van der Waals surface area (Å²) in [6, 6.07) is 8.00. The first-order chi connectivity index (χ1) is 13.2. The van der Waals surface area contributed by atoms with Gasteiger partial charge in [-0.3, -0.25) is 4.99 Å². The van der Waals surface area contributed by atoms with Crippen molar-refractivity contribution in [3.8, 4) is 0 Å². The minimum absolute atomic E-state index is 0. The van der Waals surface area contributed by atoms with Gasteiger partial charge in [-0.05, 0) is 70.7 Å². The molecule has 5 nitrogen and oxygen atoms in total. The Morgan fingerprint density at radius 1 is 1.14 bits per heavy atom. The molecule has 28 heavy (non-hydrogen) atoms. The lowest BCUT2D eigenvalue weighted by molar-refractivity contribution is 0.275. The molecule has 2 rings (SSSR count). The highest BCUT2D eigenvalue weighted by Crippen LogP contribution is 2.19. The molecular weight excluding hydrogens is 505 g/mol. The van der Waals surface area contributed by atoms with Crippen LogP contribution in [-0.4, -0.2) is 80.9 Å². The molecule has 1 fully saturated rings. The number of halogens is 2. The lowest BCUT2D eigenvalue weighted by Gasteiger charge is -2.19. The molecule has 160 valence electrons. The summed E-state index contributed by atoms with van der Waals surface area (Å²) in [5, 5.41) is 7.55. The standard InChI is InChI=1S/C20H34ClN5S.HI/c1-3-22-20(24-11-17-27-19-8-6-18(21)7-9-19)23-10-4-13-26-14-5-12-25(2)15-16-26;/h6-9H,3-5,10-17H2,1-2H3,(H2,22,23,24);1H. The minimum Gasteiger partial charge on any atom is -0.357 e. The van der Waals surface area contributed by atoms with Crippen molar-refractivity contribution >= 4 is 53.3 Å². The van der Waals surface area contributed by atoms with E-state index >= 15 is 0 Å². The van der Waals surface area contributed by atoms with Crippen LogP contribution >= 0.6 is 47.3 Å². The van der Waals surface area contributed by atoms with Gasteiger partial charge in [0, 0.05) is 48.4 Å². The quantitative estimate of drug-likeness (QED) is 0.165. The van der Waals surface area contributed by atoms with Gasteiger partial charge in [0.25, 0.3) is 0 Å². The van der Waals surface area contributed by atoms with Crippen molar-refractivity contribution in [3.05, 3.63) is 29.3 Å². The maximum Gasteiger partial charge on any atom is 0.191 e. The molecule has 1 aliphatic rings. The predicted molar refractivity (Wildman–Crippen MR) is 135 cm³/mol. The molecule has 1 saturated heterocycles. The average molecular weight is 540 g/mol. The van der Waals surface area contributed by atoms with Gasteiger partial charge in [-0.1, -0.05) is 11.6 Å². The van der Waals surface area contributed by atoms with Gasteiger partial charge >= 0.3 is 0 Å². The third-order valence-electron chi connectivity index (χ3n) is 4.54. The highest BCUT2D eigenvalue weighted by Gasteiger charge is 2.11. The van der Waals surface area contributed by atoms with Crippen LogP contribution in [0.3, 0.4) is 0 Å². The molecular formula is C20H35ClIN5S. The molecule has 0 spiro atoms. The zero-order chi connectivity index (χ0) is 19.3. The maximum absolute atomic E-state index is 5.92. The first-order valence-electron chi connectivity index (χ1n) is 9.99. The molecule has 0 atom stereocenters. The third kappa shape index (κ3) is 11.1.